The minimum absolute atomic E-state index is 0.147. The van der Waals surface area contributed by atoms with E-state index in [1.54, 1.807) is 0 Å². The fourth-order valence-corrected chi connectivity index (χ4v) is 4.60. The Morgan fingerprint density at radius 1 is 1.07 bits per heavy atom. The lowest BCUT2D eigenvalue weighted by Crippen LogP contribution is -2.58. The van der Waals surface area contributed by atoms with Gasteiger partial charge in [-0.05, 0) is 58.3 Å². The quantitative estimate of drug-likeness (QED) is 0.821. The maximum atomic E-state index is 14.0. The monoisotopic (exact) mass is 381 g/mol. The number of hydrogen-bond acceptors (Lipinski definition) is 4. The van der Waals surface area contributed by atoms with Gasteiger partial charge in [-0.1, -0.05) is 6.07 Å². The van der Waals surface area contributed by atoms with Crippen molar-refractivity contribution in [2.75, 3.05) is 39.3 Å². The van der Waals surface area contributed by atoms with Gasteiger partial charge in [0.05, 0.1) is 0 Å². The zero-order valence-corrected chi connectivity index (χ0v) is 16.6. The molecule has 2 aliphatic rings. The van der Waals surface area contributed by atoms with E-state index in [4.69, 9.17) is 0 Å². The average Bonchev–Trinajstić information content (AvgIpc) is 2.65. The van der Waals surface area contributed by atoms with E-state index in [1.807, 2.05) is 0 Å². The molecule has 27 heavy (non-hydrogen) atoms. The van der Waals surface area contributed by atoms with Crippen molar-refractivity contribution in [3.05, 3.63) is 35.4 Å². The van der Waals surface area contributed by atoms with Crippen molar-refractivity contribution in [3.8, 4) is 0 Å². The molecule has 0 radical (unpaired) electrons. The molecule has 0 aliphatic carbocycles. The van der Waals surface area contributed by atoms with Crippen molar-refractivity contribution < 1.29 is 13.9 Å². The van der Waals surface area contributed by atoms with E-state index in [1.165, 1.54) is 18.2 Å². The van der Waals surface area contributed by atoms with Crippen molar-refractivity contribution in [2.24, 2.45) is 0 Å². The van der Waals surface area contributed by atoms with Crippen molar-refractivity contribution >= 4 is 0 Å². The number of aliphatic hydroxyl groups excluding tert-OH is 1. The van der Waals surface area contributed by atoms with Crippen LogP contribution in [0.25, 0.3) is 0 Å². The minimum Gasteiger partial charge on any atom is -0.396 e. The highest BCUT2D eigenvalue weighted by Crippen LogP contribution is 2.25. The molecule has 2 saturated heterocycles. The Morgan fingerprint density at radius 3 is 2.33 bits per heavy atom. The molecule has 1 aromatic carbocycles. The van der Waals surface area contributed by atoms with Crippen LogP contribution in [-0.2, 0) is 6.54 Å². The lowest BCUT2D eigenvalue weighted by molar-refractivity contribution is -0.000563. The predicted molar refractivity (Wildman–Crippen MR) is 104 cm³/mol. The zero-order valence-electron chi connectivity index (χ0n) is 16.6. The van der Waals surface area contributed by atoms with E-state index < -0.39 is 11.6 Å². The normalized spacial score (nSPS) is 24.0. The highest BCUT2D eigenvalue weighted by atomic mass is 19.1. The molecule has 1 unspecified atom stereocenters. The second-order valence-electron chi connectivity index (χ2n) is 8.20. The zero-order chi connectivity index (χ0) is 19.4. The van der Waals surface area contributed by atoms with Crippen molar-refractivity contribution in [1.82, 2.24) is 14.7 Å². The van der Waals surface area contributed by atoms with Gasteiger partial charge in [-0.25, -0.2) is 8.78 Å². The molecule has 152 valence electrons. The number of hydrogen-bond donors (Lipinski definition) is 1. The first-order chi connectivity index (χ1) is 13.0. The summed E-state index contributed by atoms with van der Waals surface area (Å²) in [6.07, 6.45) is 3.02. The average molecular weight is 382 g/mol. The van der Waals surface area contributed by atoms with Crippen molar-refractivity contribution in [3.63, 3.8) is 0 Å². The molecule has 1 aromatic rings. The molecule has 2 heterocycles. The molecule has 4 nitrogen and oxygen atoms in total. The van der Waals surface area contributed by atoms with E-state index in [-0.39, 0.29) is 18.2 Å². The van der Waals surface area contributed by atoms with Crippen LogP contribution >= 0.6 is 0 Å². The number of aliphatic hydroxyl groups is 1. The molecule has 0 saturated carbocycles. The SMILES string of the molecule is CC(C)N1CCC(N2CCN(Cc3c(F)cccc3F)CC2CCO)CC1. The van der Waals surface area contributed by atoms with Gasteiger partial charge in [0.1, 0.15) is 11.6 Å². The number of piperidine rings is 1. The minimum atomic E-state index is -0.475. The third-order valence-electron chi connectivity index (χ3n) is 6.22. The third-order valence-corrected chi connectivity index (χ3v) is 6.22. The van der Waals surface area contributed by atoms with Crippen LogP contribution in [0.3, 0.4) is 0 Å². The summed E-state index contributed by atoms with van der Waals surface area (Å²) in [5, 5.41) is 9.54. The number of benzene rings is 1. The smallest absolute Gasteiger partial charge is 0.130 e. The van der Waals surface area contributed by atoms with Gasteiger partial charge in [-0.15, -0.1) is 0 Å². The van der Waals surface area contributed by atoms with E-state index in [0.717, 1.165) is 45.6 Å². The van der Waals surface area contributed by atoms with Gasteiger partial charge in [0, 0.05) is 56.5 Å². The topological polar surface area (TPSA) is 30.0 Å². The molecule has 2 aliphatic heterocycles. The van der Waals surface area contributed by atoms with Gasteiger partial charge in [0.15, 0.2) is 0 Å². The Balaban J connectivity index is 1.62. The third kappa shape index (κ3) is 5.05. The second kappa shape index (κ2) is 9.41. The Bertz CT molecular complexity index is 585. The van der Waals surface area contributed by atoms with Crippen LogP contribution in [0.2, 0.25) is 0 Å². The fraction of sp³-hybridized carbons (Fsp3) is 0.714. The van der Waals surface area contributed by atoms with Gasteiger partial charge in [-0.3, -0.25) is 9.80 Å². The van der Waals surface area contributed by atoms with Gasteiger partial charge in [-0.2, -0.15) is 0 Å². The lowest BCUT2D eigenvalue weighted by Gasteiger charge is -2.48. The van der Waals surface area contributed by atoms with Crippen molar-refractivity contribution in [1.29, 1.82) is 0 Å². The first kappa shape index (κ1) is 20.6. The highest BCUT2D eigenvalue weighted by Gasteiger charge is 2.34. The first-order valence-electron chi connectivity index (χ1n) is 10.3. The molecule has 0 bridgehead atoms. The highest BCUT2D eigenvalue weighted by molar-refractivity contribution is 5.19. The van der Waals surface area contributed by atoms with Crippen LogP contribution < -0.4 is 0 Å². The van der Waals surface area contributed by atoms with Crippen LogP contribution in [-0.4, -0.2) is 77.3 Å². The summed E-state index contributed by atoms with van der Waals surface area (Å²) in [6.45, 7) is 9.62. The molecule has 6 heteroatoms. The van der Waals surface area contributed by atoms with Gasteiger partial charge >= 0.3 is 0 Å². The van der Waals surface area contributed by atoms with Crippen LogP contribution in [0.5, 0.6) is 0 Å². The summed E-state index contributed by atoms with van der Waals surface area (Å²) >= 11 is 0. The fourth-order valence-electron chi connectivity index (χ4n) is 4.60. The number of rotatable bonds is 6. The molecule has 1 atom stereocenters. The van der Waals surface area contributed by atoms with Crippen LogP contribution in [0.15, 0.2) is 18.2 Å². The molecular weight excluding hydrogens is 348 g/mol. The number of piperazine rings is 1. The maximum absolute atomic E-state index is 14.0. The predicted octanol–water partition coefficient (Wildman–Crippen LogP) is 2.71. The lowest BCUT2D eigenvalue weighted by atomic mass is 9.97. The van der Waals surface area contributed by atoms with E-state index in [2.05, 4.69) is 28.5 Å². The molecule has 1 N–H and O–H groups in total. The van der Waals surface area contributed by atoms with Gasteiger partial charge in [0.25, 0.3) is 0 Å². The van der Waals surface area contributed by atoms with Crippen LogP contribution in [0, 0.1) is 11.6 Å². The largest absolute Gasteiger partial charge is 0.396 e. The Hall–Kier alpha value is -1.08. The molecule has 0 aromatic heterocycles. The molecular formula is C21H33F2N3O. The summed E-state index contributed by atoms with van der Waals surface area (Å²) in [7, 11) is 0. The Morgan fingerprint density at radius 2 is 1.74 bits per heavy atom. The standard InChI is InChI=1S/C21H33F2N3O/c1-16(2)25-9-6-17(7-10-25)26-12-11-24(14-18(26)8-13-27)15-19-20(22)4-3-5-21(19)23/h3-5,16-18,27H,6-15H2,1-2H3. The number of nitrogens with zero attached hydrogens (tertiary/aromatic N) is 3. The molecule has 2 fully saturated rings. The molecule has 3 rings (SSSR count). The van der Waals surface area contributed by atoms with Gasteiger partial charge in [0.2, 0.25) is 0 Å². The molecule has 0 amide bonds. The number of halogens is 2. The summed E-state index contributed by atoms with van der Waals surface area (Å²) in [4.78, 5) is 7.19. The van der Waals surface area contributed by atoms with E-state index >= 15 is 0 Å². The Labute approximate surface area is 161 Å². The first-order valence-corrected chi connectivity index (χ1v) is 10.3. The summed E-state index contributed by atoms with van der Waals surface area (Å²) in [5.74, 6) is -0.950. The maximum Gasteiger partial charge on any atom is 0.130 e. The van der Waals surface area contributed by atoms with Crippen molar-refractivity contribution in [2.45, 2.75) is 57.8 Å². The van der Waals surface area contributed by atoms with E-state index in [0.29, 0.717) is 25.0 Å². The Kier molecular flexibility index (Phi) is 7.20. The van der Waals surface area contributed by atoms with Crippen LogP contribution in [0.4, 0.5) is 8.78 Å². The van der Waals surface area contributed by atoms with Gasteiger partial charge < -0.3 is 10.0 Å². The second-order valence-corrected chi connectivity index (χ2v) is 8.20. The molecule has 0 spiro atoms. The summed E-state index contributed by atoms with van der Waals surface area (Å²) in [6, 6.07) is 5.43. The number of likely N-dealkylation sites (tertiary alicyclic amines) is 1. The summed E-state index contributed by atoms with van der Waals surface area (Å²) in [5.41, 5.74) is 0.152. The van der Waals surface area contributed by atoms with E-state index in [9.17, 15) is 13.9 Å². The summed E-state index contributed by atoms with van der Waals surface area (Å²) < 4.78 is 28.0. The van der Waals surface area contributed by atoms with Crippen LogP contribution in [0.1, 0.15) is 38.7 Å².